The molecule has 2 aromatic rings. The molecule has 1 saturated heterocycles. The van der Waals surface area contributed by atoms with E-state index in [1.807, 2.05) is 26.8 Å². The summed E-state index contributed by atoms with van der Waals surface area (Å²) < 4.78 is 11.7. The molecule has 2 aromatic carbocycles. The van der Waals surface area contributed by atoms with Gasteiger partial charge >= 0.3 is 6.09 Å². The van der Waals surface area contributed by atoms with Gasteiger partial charge in [0.25, 0.3) is 0 Å². The van der Waals surface area contributed by atoms with Gasteiger partial charge in [0, 0.05) is 45.0 Å². The van der Waals surface area contributed by atoms with Gasteiger partial charge in [-0.15, -0.1) is 0 Å². The summed E-state index contributed by atoms with van der Waals surface area (Å²) >= 11 is 0. The number of fused-ring (bicyclic) bond motifs is 3. The van der Waals surface area contributed by atoms with E-state index >= 15 is 0 Å². The van der Waals surface area contributed by atoms with E-state index in [2.05, 4.69) is 59.3 Å². The molecule has 0 aliphatic carbocycles. The molecule has 160 valence electrons. The van der Waals surface area contributed by atoms with Gasteiger partial charge in [-0.3, -0.25) is 0 Å². The smallest absolute Gasteiger partial charge is 0.410 e. The molecule has 0 unspecified atom stereocenters. The second kappa shape index (κ2) is 8.09. The van der Waals surface area contributed by atoms with E-state index in [4.69, 9.17) is 9.47 Å². The summed E-state index contributed by atoms with van der Waals surface area (Å²) in [5.74, 6) is 0.911. The number of hydrogen-bond donors (Lipinski definition) is 0. The summed E-state index contributed by atoms with van der Waals surface area (Å²) in [6.45, 7) is 9.15. The van der Waals surface area contributed by atoms with Crippen molar-refractivity contribution < 1.29 is 14.3 Å². The lowest BCUT2D eigenvalue weighted by Gasteiger charge is -2.45. The fourth-order valence-corrected chi connectivity index (χ4v) is 4.04. The molecule has 1 amide bonds. The zero-order valence-electron chi connectivity index (χ0n) is 18.3. The molecule has 1 fully saturated rings. The minimum absolute atomic E-state index is 0.145. The number of benzene rings is 2. The maximum atomic E-state index is 12.4. The van der Waals surface area contributed by atoms with Gasteiger partial charge in [0.1, 0.15) is 18.0 Å². The van der Waals surface area contributed by atoms with E-state index in [0.717, 1.165) is 30.2 Å². The van der Waals surface area contributed by atoms with Crippen molar-refractivity contribution in [3.63, 3.8) is 0 Å². The summed E-state index contributed by atoms with van der Waals surface area (Å²) in [5, 5.41) is 0. The third-order valence-electron chi connectivity index (χ3n) is 5.52. The standard InChI is InChI=1S/C24H31N3O3/c1-24(2,3)30-23(28)26-12-13-27-20(16-26)17-29-22-14-19(10-11-21(22)27)25(4)15-18-8-6-5-7-9-18/h5-11,14,20H,12-13,15-17H2,1-4H3/t20-/m1/s1. The van der Waals surface area contributed by atoms with Crippen molar-refractivity contribution in [3.8, 4) is 5.75 Å². The molecule has 0 spiro atoms. The molecule has 0 N–H and O–H groups in total. The second-order valence-electron chi connectivity index (χ2n) is 9.08. The Labute approximate surface area is 179 Å². The van der Waals surface area contributed by atoms with E-state index < -0.39 is 5.60 Å². The first-order chi connectivity index (χ1) is 14.3. The molecule has 2 heterocycles. The largest absolute Gasteiger partial charge is 0.489 e. The number of hydrogen-bond acceptors (Lipinski definition) is 5. The fraction of sp³-hybridized carbons (Fsp3) is 0.458. The fourth-order valence-electron chi connectivity index (χ4n) is 4.04. The summed E-state index contributed by atoms with van der Waals surface area (Å²) in [4.78, 5) is 18.8. The van der Waals surface area contributed by atoms with E-state index in [0.29, 0.717) is 19.7 Å². The molecular formula is C24H31N3O3. The Morgan fingerprint density at radius 1 is 1.17 bits per heavy atom. The number of rotatable bonds is 3. The van der Waals surface area contributed by atoms with Gasteiger partial charge in [0.05, 0.1) is 11.7 Å². The normalized spacial score (nSPS) is 18.2. The lowest BCUT2D eigenvalue weighted by Crippen LogP contribution is -2.59. The predicted octanol–water partition coefficient (Wildman–Crippen LogP) is 4.14. The van der Waals surface area contributed by atoms with Crippen molar-refractivity contribution >= 4 is 17.5 Å². The van der Waals surface area contributed by atoms with Crippen LogP contribution in [0.1, 0.15) is 26.3 Å². The van der Waals surface area contributed by atoms with E-state index in [9.17, 15) is 4.79 Å². The molecule has 0 radical (unpaired) electrons. The van der Waals surface area contributed by atoms with Crippen LogP contribution in [0.25, 0.3) is 0 Å². The topological polar surface area (TPSA) is 45.3 Å². The van der Waals surface area contributed by atoms with Crippen LogP contribution in [-0.2, 0) is 11.3 Å². The first kappa shape index (κ1) is 20.4. The van der Waals surface area contributed by atoms with Crippen LogP contribution in [0.2, 0.25) is 0 Å². The number of carbonyl (C=O) groups excluding carboxylic acids is 1. The zero-order chi connectivity index (χ0) is 21.3. The maximum absolute atomic E-state index is 12.4. The van der Waals surface area contributed by atoms with Gasteiger partial charge in [-0.1, -0.05) is 30.3 Å². The van der Waals surface area contributed by atoms with Gasteiger partial charge in [0.2, 0.25) is 0 Å². The zero-order valence-corrected chi connectivity index (χ0v) is 18.3. The first-order valence-electron chi connectivity index (χ1n) is 10.6. The van der Waals surface area contributed by atoms with Crippen LogP contribution in [0.3, 0.4) is 0 Å². The van der Waals surface area contributed by atoms with Crippen LogP contribution in [0.4, 0.5) is 16.2 Å². The van der Waals surface area contributed by atoms with Crippen molar-refractivity contribution in [2.75, 3.05) is 43.1 Å². The third kappa shape index (κ3) is 4.48. The van der Waals surface area contributed by atoms with Crippen molar-refractivity contribution in [2.45, 2.75) is 39.0 Å². The summed E-state index contributed by atoms with van der Waals surface area (Å²) in [7, 11) is 2.10. The molecular weight excluding hydrogens is 378 g/mol. The van der Waals surface area contributed by atoms with Gasteiger partial charge in [0.15, 0.2) is 0 Å². The number of amides is 1. The average Bonchev–Trinajstić information content (AvgIpc) is 2.72. The van der Waals surface area contributed by atoms with Crippen molar-refractivity contribution in [3.05, 3.63) is 54.1 Å². The molecule has 1 atom stereocenters. The van der Waals surface area contributed by atoms with Crippen molar-refractivity contribution in [2.24, 2.45) is 0 Å². The molecule has 6 heteroatoms. The van der Waals surface area contributed by atoms with E-state index in [-0.39, 0.29) is 12.1 Å². The molecule has 30 heavy (non-hydrogen) atoms. The number of carbonyl (C=O) groups is 1. The Kier molecular flexibility index (Phi) is 5.50. The molecule has 4 rings (SSSR count). The highest BCUT2D eigenvalue weighted by atomic mass is 16.6. The lowest BCUT2D eigenvalue weighted by atomic mass is 10.1. The van der Waals surface area contributed by atoms with E-state index in [1.54, 1.807) is 4.90 Å². The highest BCUT2D eigenvalue weighted by Crippen LogP contribution is 2.38. The Morgan fingerprint density at radius 2 is 1.93 bits per heavy atom. The summed E-state index contributed by atoms with van der Waals surface area (Å²) in [6, 6.07) is 17.0. The van der Waals surface area contributed by atoms with Gasteiger partial charge in [-0.2, -0.15) is 0 Å². The highest BCUT2D eigenvalue weighted by molar-refractivity contribution is 5.71. The maximum Gasteiger partial charge on any atom is 0.410 e. The quantitative estimate of drug-likeness (QED) is 0.762. The van der Waals surface area contributed by atoms with Crippen LogP contribution in [0, 0.1) is 0 Å². The highest BCUT2D eigenvalue weighted by Gasteiger charge is 2.36. The van der Waals surface area contributed by atoms with Crippen LogP contribution in [-0.4, -0.2) is 55.9 Å². The molecule has 0 aromatic heterocycles. The number of anilines is 2. The van der Waals surface area contributed by atoms with Gasteiger partial charge in [-0.25, -0.2) is 4.79 Å². The predicted molar refractivity (Wildman–Crippen MR) is 119 cm³/mol. The van der Waals surface area contributed by atoms with Gasteiger partial charge in [-0.05, 0) is 38.5 Å². The molecule has 0 bridgehead atoms. The Balaban J connectivity index is 1.44. The SMILES string of the molecule is CN(Cc1ccccc1)c1ccc2c(c1)OC[C@H]1CN(C(=O)OC(C)(C)C)CCN21. The number of nitrogens with zero attached hydrogens (tertiary/aromatic N) is 3. The molecule has 0 saturated carbocycles. The second-order valence-corrected chi connectivity index (χ2v) is 9.08. The first-order valence-corrected chi connectivity index (χ1v) is 10.6. The Hall–Kier alpha value is -2.89. The van der Waals surface area contributed by atoms with Crippen molar-refractivity contribution in [1.29, 1.82) is 0 Å². The summed E-state index contributed by atoms with van der Waals surface area (Å²) in [5.41, 5.74) is 3.03. The third-order valence-corrected chi connectivity index (χ3v) is 5.52. The molecule has 6 nitrogen and oxygen atoms in total. The Bertz CT molecular complexity index is 894. The lowest BCUT2D eigenvalue weighted by molar-refractivity contribution is 0.0195. The molecule has 2 aliphatic rings. The number of ether oxygens (including phenoxy) is 2. The van der Waals surface area contributed by atoms with Gasteiger partial charge < -0.3 is 24.2 Å². The Morgan fingerprint density at radius 3 is 2.67 bits per heavy atom. The molecule has 2 aliphatic heterocycles. The van der Waals surface area contributed by atoms with Crippen LogP contribution < -0.4 is 14.5 Å². The minimum atomic E-state index is -0.480. The monoisotopic (exact) mass is 409 g/mol. The minimum Gasteiger partial charge on any atom is -0.489 e. The number of piperazine rings is 1. The van der Waals surface area contributed by atoms with Crippen LogP contribution in [0.15, 0.2) is 48.5 Å². The summed E-state index contributed by atoms with van der Waals surface area (Å²) in [6.07, 6.45) is -0.245. The average molecular weight is 410 g/mol. The van der Waals surface area contributed by atoms with Crippen LogP contribution in [0.5, 0.6) is 5.75 Å². The van der Waals surface area contributed by atoms with Crippen LogP contribution >= 0.6 is 0 Å². The van der Waals surface area contributed by atoms with Crippen molar-refractivity contribution in [1.82, 2.24) is 4.90 Å². The van der Waals surface area contributed by atoms with E-state index in [1.165, 1.54) is 5.56 Å².